The lowest BCUT2D eigenvalue weighted by Crippen LogP contribution is -2.22. The molecule has 3 nitrogen and oxygen atoms in total. The average molecular weight is 254 g/mol. The van der Waals surface area contributed by atoms with Crippen LogP contribution in [0, 0.1) is 0 Å². The van der Waals surface area contributed by atoms with E-state index in [4.69, 9.17) is 12.6 Å². The Hall–Kier alpha value is -1.42. The van der Waals surface area contributed by atoms with Crippen LogP contribution in [0.15, 0.2) is 18.3 Å². The summed E-state index contributed by atoms with van der Waals surface area (Å²) in [5.74, 6) is 1.06. The molecule has 0 saturated carbocycles. The molecule has 3 rings (SSSR count). The zero-order chi connectivity index (χ0) is 13.2. The third-order valence-corrected chi connectivity index (χ3v) is 3.90. The van der Waals surface area contributed by atoms with Crippen LogP contribution in [0.25, 0.3) is 10.9 Å². The number of nitrogens with zero attached hydrogens (tertiary/aromatic N) is 1. The standard InChI is InChI=1S/C15H19BN2O/c1-18(10-16)7-6-11-9-17-13-4-5-14-12(15(11)13)3-2-8-19-14/h4-5,9,17H,2-3,6-8,10H2,1H3. The molecular formula is C15H19BN2O. The van der Waals surface area contributed by atoms with Crippen molar-refractivity contribution < 1.29 is 4.74 Å². The maximum atomic E-state index is 5.76. The summed E-state index contributed by atoms with van der Waals surface area (Å²) in [6.45, 7) is 1.82. The fourth-order valence-corrected chi connectivity index (χ4v) is 2.77. The van der Waals surface area contributed by atoms with E-state index in [9.17, 15) is 0 Å². The SMILES string of the molecule is [B]CN(C)CCc1c[nH]c2ccc3c(c12)CCCO3. The zero-order valence-electron chi connectivity index (χ0n) is 11.4. The van der Waals surface area contributed by atoms with Crippen molar-refractivity contribution >= 4 is 18.7 Å². The topological polar surface area (TPSA) is 28.3 Å². The number of hydrogen-bond donors (Lipinski definition) is 1. The van der Waals surface area contributed by atoms with Crippen molar-refractivity contribution in [3.05, 3.63) is 29.5 Å². The van der Waals surface area contributed by atoms with E-state index >= 15 is 0 Å². The highest BCUT2D eigenvalue weighted by Crippen LogP contribution is 2.34. The highest BCUT2D eigenvalue weighted by atomic mass is 16.5. The van der Waals surface area contributed by atoms with Gasteiger partial charge >= 0.3 is 0 Å². The van der Waals surface area contributed by atoms with Gasteiger partial charge in [0.05, 0.1) is 14.5 Å². The second-order valence-corrected chi connectivity index (χ2v) is 5.24. The van der Waals surface area contributed by atoms with Crippen molar-refractivity contribution in [2.45, 2.75) is 19.3 Å². The minimum absolute atomic E-state index is 0.601. The van der Waals surface area contributed by atoms with Gasteiger partial charge in [-0.25, -0.2) is 0 Å². The van der Waals surface area contributed by atoms with Crippen LogP contribution in [-0.4, -0.2) is 44.4 Å². The molecule has 1 aliphatic rings. The highest BCUT2D eigenvalue weighted by molar-refractivity contribution is 6.08. The number of rotatable bonds is 4. The number of fused-ring (bicyclic) bond motifs is 3. The Kier molecular flexibility index (Phi) is 3.51. The summed E-state index contributed by atoms with van der Waals surface area (Å²) in [6, 6.07) is 4.21. The molecule has 0 saturated heterocycles. The van der Waals surface area contributed by atoms with Crippen LogP contribution in [0.4, 0.5) is 0 Å². The van der Waals surface area contributed by atoms with E-state index in [1.807, 2.05) is 7.05 Å². The van der Waals surface area contributed by atoms with Crippen molar-refractivity contribution in [3.63, 3.8) is 0 Å². The van der Waals surface area contributed by atoms with Gasteiger partial charge in [-0.3, -0.25) is 0 Å². The van der Waals surface area contributed by atoms with E-state index in [0.29, 0.717) is 6.44 Å². The lowest BCUT2D eigenvalue weighted by atomic mass is 9.98. The average Bonchev–Trinajstić information content (AvgIpc) is 2.88. The Morgan fingerprint density at radius 2 is 2.32 bits per heavy atom. The summed E-state index contributed by atoms with van der Waals surface area (Å²) >= 11 is 0. The number of hydrogen-bond acceptors (Lipinski definition) is 2. The van der Waals surface area contributed by atoms with Crippen LogP contribution in [-0.2, 0) is 12.8 Å². The van der Waals surface area contributed by atoms with Crippen LogP contribution in [0.2, 0.25) is 0 Å². The van der Waals surface area contributed by atoms with Gasteiger partial charge in [0.15, 0.2) is 0 Å². The summed E-state index contributed by atoms with van der Waals surface area (Å²) in [5, 5.41) is 1.36. The Morgan fingerprint density at radius 3 is 3.16 bits per heavy atom. The van der Waals surface area contributed by atoms with Crippen molar-refractivity contribution in [2.24, 2.45) is 0 Å². The Labute approximate surface area is 115 Å². The first-order valence-corrected chi connectivity index (χ1v) is 6.93. The van der Waals surface area contributed by atoms with Crippen LogP contribution >= 0.6 is 0 Å². The van der Waals surface area contributed by atoms with Gasteiger partial charge in [-0.05, 0) is 50.5 Å². The minimum atomic E-state index is 0.601. The third-order valence-electron chi connectivity index (χ3n) is 3.90. The van der Waals surface area contributed by atoms with Gasteiger partial charge in [0.1, 0.15) is 5.75 Å². The first-order chi connectivity index (χ1) is 9.29. The number of likely N-dealkylation sites (N-methyl/N-ethyl adjacent to an activating group) is 1. The number of H-pyrrole nitrogens is 1. The molecule has 2 radical (unpaired) electrons. The van der Waals surface area contributed by atoms with E-state index in [0.717, 1.165) is 38.2 Å². The maximum absolute atomic E-state index is 5.76. The predicted molar refractivity (Wildman–Crippen MR) is 79.1 cm³/mol. The first-order valence-electron chi connectivity index (χ1n) is 6.93. The molecule has 1 aromatic carbocycles. The van der Waals surface area contributed by atoms with Gasteiger partial charge in [0.25, 0.3) is 0 Å². The Balaban J connectivity index is 1.96. The number of aromatic amines is 1. The van der Waals surface area contributed by atoms with Crippen molar-refractivity contribution in [2.75, 3.05) is 26.6 Å². The van der Waals surface area contributed by atoms with Crippen molar-refractivity contribution in [1.82, 2.24) is 9.88 Å². The number of nitrogens with one attached hydrogen (secondary N) is 1. The molecular weight excluding hydrogens is 235 g/mol. The molecule has 2 aromatic rings. The summed E-state index contributed by atoms with van der Waals surface area (Å²) < 4.78 is 5.76. The highest BCUT2D eigenvalue weighted by Gasteiger charge is 2.16. The van der Waals surface area contributed by atoms with Crippen molar-refractivity contribution in [3.8, 4) is 5.75 Å². The molecule has 19 heavy (non-hydrogen) atoms. The summed E-state index contributed by atoms with van der Waals surface area (Å²) in [4.78, 5) is 5.50. The van der Waals surface area contributed by atoms with Gasteiger partial charge in [-0.2, -0.15) is 0 Å². The molecule has 0 atom stereocenters. The second kappa shape index (κ2) is 5.29. The molecule has 0 aliphatic carbocycles. The van der Waals surface area contributed by atoms with E-state index in [-0.39, 0.29) is 0 Å². The van der Waals surface area contributed by atoms with E-state index in [2.05, 4.69) is 28.2 Å². The summed E-state index contributed by atoms with van der Waals surface area (Å²) in [6.07, 6.45) is 5.97. The van der Waals surface area contributed by atoms with Gasteiger partial charge in [0.2, 0.25) is 0 Å². The molecule has 2 heterocycles. The van der Waals surface area contributed by atoms with Crippen LogP contribution in [0.3, 0.4) is 0 Å². The maximum Gasteiger partial charge on any atom is 0.123 e. The van der Waals surface area contributed by atoms with E-state index in [1.54, 1.807) is 0 Å². The van der Waals surface area contributed by atoms with E-state index in [1.165, 1.54) is 22.0 Å². The molecule has 98 valence electrons. The monoisotopic (exact) mass is 254 g/mol. The molecule has 0 unspecified atom stereocenters. The number of ether oxygens (including phenoxy) is 1. The van der Waals surface area contributed by atoms with Gasteiger partial charge in [0, 0.05) is 29.2 Å². The second-order valence-electron chi connectivity index (χ2n) is 5.24. The molecule has 1 N–H and O–H groups in total. The molecule has 0 amide bonds. The quantitative estimate of drug-likeness (QED) is 0.846. The number of aryl methyl sites for hydroxylation is 1. The molecule has 4 heteroatoms. The Morgan fingerprint density at radius 1 is 1.42 bits per heavy atom. The molecule has 0 bridgehead atoms. The predicted octanol–water partition coefficient (Wildman–Crippen LogP) is 2.09. The number of aromatic nitrogens is 1. The lowest BCUT2D eigenvalue weighted by molar-refractivity contribution is 0.289. The molecule has 1 aliphatic heterocycles. The fourth-order valence-electron chi connectivity index (χ4n) is 2.77. The van der Waals surface area contributed by atoms with Crippen LogP contribution in [0.5, 0.6) is 5.75 Å². The lowest BCUT2D eigenvalue weighted by Gasteiger charge is -2.19. The largest absolute Gasteiger partial charge is 0.493 e. The molecule has 1 aromatic heterocycles. The summed E-state index contributed by atoms with van der Waals surface area (Å²) in [7, 11) is 7.68. The molecule has 0 spiro atoms. The smallest absolute Gasteiger partial charge is 0.123 e. The normalized spacial score (nSPS) is 14.6. The van der Waals surface area contributed by atoms with Gasteiger partial charge in [-0.15, -0.1) is 0 Å². The first kappa shape index (κ1) is 12.6. The third kappa shape index (κ3) is 2.37. The Bertz CT molecular complexity index is 579. The summed E-state index contributed by atoms with van der Waals surface area (Å²) in [5.41, 5.74) is 3.96. The van der Waals surface area contributed by atoms with Crippen LogP contribution < -0.4 is 4.74 Å². The van der Waals surface area contributed by atoms with Gasteiger partial charge in [-0.1, -0.05) is 0 Å². The van der Waals surface area contributed by atoms with Gasteiger partial charge < -0.3 is 14.6 Å². The molecule has 0 fully saturated rings. The fraction of sp³-hybridized carbons (Fsp3) is 0.467. The van der Waals surface area contributed by atoms with Crippen molar-refractivity contribution in [1.29, 1.82) is 0 Å². The number of benzene rings is 1. The van der Waals surface area contributed by atoms with Crippen LogP contribution in [0.1, 0.15) is 17.5 Å². The zero-order valence-corrected chi connectivity index (χ0v) is 11.4. The van der Waals surface area contributed by atoms with E-state index < -0.39 is 0 Å². The minimum Gasteiger partial charge on any atom is -0.493 e.